The van der Waals surface area contributed by atoms with Crippen LogP contribution in [-0.2, 0) is 4.79 Å². The molecule has 0 aliphatic carbocycles. The maximum Gasteiger partial charge on any atom is 0.264 e. The Labute approximate surface area is 78.8 Å². The molecular weight excluding hydrogens is 166 g/mol. The van der Waals surface area contributed by atoms with Crippen LogP contribution in [0.5, 0.6) is 0 Å². The van der Waals surface area contributed by atoms with Crippen LogP contribution in [0, 0.1) is 0 Å². The van der Waals surface area contributed by atoms with Gasteiger partial charge in [-0.3, -0.25) is 9.69 Å². The van der Waals surface area contributed by atoms with Crippen LogP contribution in [0.1, 0.15) is 26.2 Å². The molecule has 1 amide bonds. The number of nitrogens with two attached hydrogens (primary N) is 1. The molecular formula is C9H17N3O. The second-order valence-electron chi connectivity index (χ2n) is 3.58. The van der Waals surface area contributed by atoms with E-state index < -0.39 is 0 Å². The van der Waals surface area contributed by atoms with E-state index in [-0.39, 0.29) is 11.9 Å². The minimum absolute atomic E-state index is 0.0488. The highest BCUT2D eigenvalue weighted by atomic mass is 16.1. The Morgan fingerprint density at radius 1 is 1.54 bits per heavy atom. The number of likely N-dealkylation sites (tertiary alicyclic amines) is 1. The van der Waals surface area contributed by atoms with Crippen molar-refractivity contribution in [2.75, 3.05) is 13.6 Å². The summed E-state index contributed by atoms with van der Waals surface area (Å²) in [6.45, 7) is 2.62. The van der Waals surface area contributed by atoms with Gasteiger partial charge in [-0.25, -0.2) is 0 Å². The van der Waals surface area contributed by atoms with Crippen LogP contribution >= 0.6 is 0 Å². The van der Waals surface area contributed by atoms with Gasteiger partial charge in [0, 0.05) is 0 Å². The summed E-state index contributed by atoms with van der Waals surface area (Å²) < 4.78 is 0. The van der Waals surface area contributed by atoms with Crippen LogP contribution in [0.4, 0.5) is 0 Å². The van der Waals surface area contributed by atoms with Gasteiger partial charge < -0.3 is 5.73 Å². The van der Waals surface area contributed by atoms with Crippen molar-refractivity contribution < 1.29 is 4.79 Å². The molecule has 1 atom stereocenters. The molecule has 0 spiro atoms. The van der Waals surface area contributed by atoms with E-state index in [1.54, 1.807) is 6.92 Å². The molecule has 1 unspecified atom stereocenters. The second-order valence-corrected chi connectivity index (χ2v) is 3.58. The minimum atomic E-state index is -0.0952. The zero-order chi connectivity index (χ0) is 9.84. The van der Waals surface area contributed by atoms with Crippen molar-refractivity contribution in [1.29, 1.82) is 0 Å². The van der Waals surface area contributed by atoms with Gasteiger partial charge in [-0.1, -0.05) is 6.42 Å². The summed E-state index contributed by atoms with van der Waals surface area (Å²) in [5.74, 6) is 0.256. The van der Waals surface area contributed by atoms with Gasteiger partial charge in [0.1, 0.15) is 0 Å². The standard InChI is InChI=1S/C9H17N3O/c1-7(10)11-9(13)8-5-3-4-6-12(8)2/h8H,3-6H2,1-2H3,(H2,10,11,13). The van der Waals surface area contributed by atoms with Gasteiger partial charge in [0.2, 0.25) is 0 Å². The first-order valence-electron chi connectivity index (χ1n) is 4.66. The van der Waals surface area contributed by atoms with Gasteiger partial charge in [-0.2, -0.15) is 4.99 Å². The van der Waals surface area contributed by atoms with Crippen LogP contribution < -0.4 is 5.73 Å². The largest absolute Gasteiger partial charge is 0.387 e. The molecule has 13 heavy (non-hydrogen) atoms. The van der Waals surface area contributed by atoms with Gasteiger partial charge in [-0.15, -0.1) is 0 Å². The number of rotatable bonds is 1. The maximum atomic E-state index is 11.5. The van der Waals surface area contributed by atoms with E-state index in [4.69, 9.17) is 5.73 Å². The van der Waals surface area contributed by atoms with Crippen LogP contribution in [-0.4, -0.2) is 36.3 Å². The monoisotopic (exact) mass is 183 g/mol. The number of nitrogens with zero attached hydrogens (tertiary/aromatic N) is 2. The zero-order valence-corrected chi connectivity index (χ0v) is 8.29. The lowest BCUT2D eigenvalue weighted by Gasteiger charge is -2.29. The number of hydrogen-bond acceptors (Lipinski definition) is 2. The SMILES string of the molecule is CC(N)=NC(=O)C1CCCCN1C. The lowest BCUT2D eigenvalue weighted by Crippen LogP contribution is -2.41. The van der Waals surface area contributed by atoms with Crippen molar-refractivity contribution in [3.63, 3.8) is 0 Å². The normalized spacial score (nSPS) is 26.0. The molecule has 0 aromatic rings. The summed E-state index contributed by atoms with van der Waals surface area (Å²) in [5, 5.41) is 0. The van der Waals surface area contributed by atoms with Crippen LogP contribution in [0.3, 0.4) is 0 Å². The molecule has 74 valence electrons. The molecule has 4 nitrogen and oxygen atoms in total. The van der Waals surface area contributed by atoms with Gasteiger partial charge in [-0.05, 0) is 33.4 Å². The van der Waals surface area contributed by atoms with E-state index in [1.165, 1.54) is 6.42 Å². The third-order valence-electron chi connectivity index (χ3n) is 2.34. The number of carbonyl (C=O) groups excluding carboxylic acids is 1. The summed E-state index contributed by atoms with van der Waals surface area (Å²) >= 11 is 0. The van der Waals surface area contributed by atoms with Crippen LogP contribution in [0.25, 0.3) is 0 Å². The molecule has 0 saturated carbocycles. The highest BCUT2D eigenvalue weighted by molar-refractivity contribution is 5.94. The predicted octanol–water partition coefficient (Wildman–Crippen LogP) is 0.374. The van der Waals surface area contributed by atoms with E-state index >= 15 is 0 Å². The van der Waals surface area contributed by atoms with Crippen molar-refractivity contribution in [2.24, 2.45) is 10.7 Å². The summed E-state index contributed by atoms with van der Waals surface area (Å²) in [4.78, 5) is 17.3. The summed E-state index contributed by atoms with van der Waals surface area (Å²) in [5.41, 5.74) is 5.36. The smallest absolute Gasteiger partial charge is 0.264 e. The first-order valence-corrected chi connectivity index (χ1v) is 4.66. The Bertz CT molecular complexity index is 221. The molecule has 4 heteroatoms. The fourth-order valence-electron chi connectivity index (χ4n) is 1.64. The fraction of sp³-hybridized carbons (Fsp3) is 0.778. The quantitative estimate of drug-likeness (QED) is 0.472. The van der Waals surface area contributed by atoms with Crippen LogP contribution in [0.2, 0.25) is 0 Å². The molecule has 1 rings (SSSR count). The number of amides is 1. The summed E-state index contributed by atoms with van der Waals surface area (Å²) in [6.07, 6.45) is 3.19. The van der Waals surface area contributed by atoms with E-state index in [9.17, 15) is 4.79 Å². The highest BCUT2D eigenvalue weighted by Gasteiger charge is 2.25. The van der Waals surface area contributed by atoms with E-state index in [0.717, 1.165) is 19.4 Å². The van der Waals surface area contributed by atoms with Crippen LogP contribution in [0.15, 0.2) is 4.99 Å². The Kier molecular flexibility index (Phi) is 3.42. The molecule has 0 aromatic heterocycles. The molecule has 1 saturated heterocycles. The second kappa shape index (κ2) is 4.37. The van der Waals surface area contributed by atoms with E-state index in [2.05, 4.69) is 9.89 Å². The molecule has 0 radical (unpaired) electrons. The summed E-state index contributed by atoms with van der Waals surface area (Å²) in [6, 6.07) is -0.0488. The molecule has 0 aromatic carbocycles. The van der Waals surface area contributed by atoms with Crippen molar-refractivity contribution >= 4 is 11.7 Å². The number of amidine groups is 1. The topological polar surface area (TPSA) is 58.7 Å². The Morgan fingerprint density at radius 3 is 2.77 bits per heavy atom. The fourth-order valence-corrected chi connectivity index (χ4v) is 1.64. The first kappa shape index (κ1) is 10.2. The Hall–Kier alpha value is -0.900. The number of likely N-dealkylation sites (N-methyl/N-ethyl adjacent to an activating group) is 1. The lowest BCUT2D eigenvalue weighted by molar-refractivity contribution is -0.123. The third-order valence-corrected chi connectivity index (χ3v) is 2.34. The zero-order valence-electron chi connectivity index (χ0n) is 8.29. The summed E-state index contributed by atoms with van der Waals surface area (Å²) in [7, 11) is 1.96. The maximum absolute atomic E-state index is 11.5. The number of carbonyl (C=O) groups is 1. The molecule has 0 bridgehead atoms. The third kappa shape index (κ3) is 2.81. The van der Waals surface area contributed by atoms with Crippen molar-refractivity contribution in [3.8, 4) is 0 Å². The number of piperidine rings is 1. The molecule has 1 aliphatic rings. The predicted molar refractivity (Wildman–Crippen MR) is 52.6 cm³/mol. The van der Waals surface area contributed by atoms with Crippen molar-refractivity contribution in [2.45, 2.75) is 32.2 Å². The van der Waals surface area contributed by atoms with Gasteiger partial charge in [0.15, 0.2) is 0 Å². The molecule has 1 aliphatic heterocycles. The minimum Gasteiger partial charge on any atom is -0.387 e. The average molecular weight is 183 g/mol. The van der Waals surface area contributed by atoms with Crippen molar-refractivity contribution in [3.05, 3.63) is 0 Å². The molecule has 1 fully saturated rings. The van der Waals surface area contributed by atoms with Gasteiger partial charge in [0.25, 0.3) is 5.91 Å². The number of aliphatic imine (C=N–C) groups is 1. The highest BCUT2D eigenvalue weighted by Crippen LogP contribution is 2.15. The number of hydrogen-bond donors (Lipinski definition) is 1. The van der Waals surface area contributed by atoms with E-state index in [0.29, 0.717) is 5.84 Å². The van der Waals surface area contributed by atoms with Crippen molar-refractivity contribution in [1.82, 2.24) is 4.90 Å². The Balaban J connectivity index is 2.59. The average Bonchev–Trinajstić information content (AvgIpc) is 2.03. The first-order chi connectivity index (χ1) is 6.11. The lowest BCUT2D eigenvalue weighted by atomic mass is 10.0. The van der Waals surface area contributed by atoms with E-state index in [1.807, 2.05) is 7.05 Å². The molecule has 1 heterocycles. The Morgan fingerprint density at radius 2 is 2.23 bits per heavy atom. The van der Waals surface area contributed by atoms with Gasteiger partial charge in [0.05, 0.1) is 11.9 Å². The van der Waals surface area contributed by atoms with Gasteiger partial charge >= 0.3 is 0 Å². The molecule has 2 N–H and O–H groups in total.